The van der Waals surface area contributed by atoms with Gasteiger partial charge in [-0.25, -0.2) is 0 Å². The van der Waals surface area contributed by atoms with Crippen LogP contribution in [-0.4, -0.2) is 4.92 Å². The maximum atomic E-state index is 10.8. The SMILES string of the molecule is [2H]c1c([2H])c([2H])c(Oc2cc([N+](=O)[O-])ccc2N)c([2H])c1[2H]. The van der Waals surface area contributed by atoms with Gasteiger partial charge in [0.15, 0.2) is 5.75 Å². The molecule has 0 spiro atoms. The Kier molecular flexibility index (Phi) is 1.66. The highest BCUT2D eigenvalue weighted by atomic mass is 16.6. The van der Waals surface area contributed by atoms with Crippen LogP contribution in [0.15, 0.2) is 48.4 Å². The van der Waals surface area contributed by atoms with E-state index in [9.17, 15) is 10.1 Å². The highest BCUT2D eigenvalue weighted by molar-refractivity contribution is 5.58. The Labute approximate surface area is 105 Å². The molecular weight excluding hydrogens is 220 g/mol. The van der Waals surface area contributed by atoms with Crippen molar-refractivity contribution in [1.82, 2.24) is 0 Å². The molecule has 0 radical (unpaired) electrons. The fraction of sp³-hybridized carbons (Fsp3) is 0. The van der Waals surface area contributed by atoms with Crippen LogP contribution in [-0.2, 0) is 0 Å². The summed E-state index contributed by atoms with van der Waals surface area (Å²) in [5.41, 5.74) is 5.39. The van der Waals surface area contributed by atoms with Crippen LogP contribution < -0.4 is 10.5 Å². The molecule has 0 aliphatic carbocycles. The molecule has 0 saturated heterocycles. The summed E-state index contributed by atoms with van der Waals surface area (Å²) in [4.78, 5) is 10.1. The molecule has 0 fully saturated rings. The maximum Gasteiger partial charge on any atom is 0.273 e. The lowest BCUT2D eigenvalue weighted by atomic mass is 10.2. The molecule has 17 heavy (non-hydrogen) atoms. The minimum Gasteiger partial charge on any atom is -0.455 e. The van der Waals surface area contributed by atoms with E-state index in [0.29, 0.717) is 0 Å². The van der Waals surface area contributed by atoms with Crippen molar-refractivity contribution in [2.24, 2.45) is 0 Å². The number of nitrogens with two attached hydrogens (primary N) is 1. The lowest BCUT2D eigenvalue weighted by Gasteiger charge is -2.07. The summed E-state index contributed by atoms with van der Waals surface area (Å²) in [6.07, 6.45) is 0. The minimum absolute atomic E-state index is 0.0393. The molecule has 0 aliphatic rings. The number of nitro groups is 1. The highest BCUT2D eigenvalue weighted by Gasteiger charge is 2.10. The molecule has 5 nitrogen and oxygen atoms in total. The summed E-state index contributed by atoms with van der Waals surface area (Å²) < 4.78 is 43.3. The number of non-ortho nitro benzene ring substituents is 1. The van der Waals surface area contributed by atoms with Gasteiger partial charge in [-0.3, -0.25) is 10.1 Å². The zero-order valence-electron chi connectivity index (χ0n) is 13.5. The Balaban J connectivity index is 2.57. The number of nitrogen functional groups attached to an aromatic ring is 1. The number of ether oxygens (including phenoxy) is 1. The minimum atomic E-state index is -0.658. The van der Waals surface area contributed by atoms with Crippen molar-refractivity contribution in [2.75, 3.05) is 5.73 Å². The second-order valence-electron chi connectivity index (χ2n) is 3.04. The summed E-state index contributed by atoms with van der Waals surface area (Å²) in [7, 11) is 0. The van der Waals surface area contributed by atoms with Crippen molar-refractivity contribution in [1.29, 1.82) is 0 Å². The number of benzene rings is 2. The standard InChI is InChI=1S/C12H10N2O3/c13-11-7-6-9(14(15)16)8-12(11)17-10-4-2-1-3-5-10/h1-8H,13H2/i1D,2D,3D,4D,5D. The van der Waals surface area contributed by atoms with Gasteiger partial charge in [0.2, 0.25) is 0 Å². The quantitative estimate of drug-likeness (QED) is 0.504. The molecule has 2 rings (SSSR count). The molecule has 86 valence electrons. The summed E-state index contributed by atoms with van der Waals surface area (Å²) in [5.74, 6) is -0.606. The van der Waals surface area contributed by atoms with Crippen molar-refractivity contribution in [3.8, 4) is 11.5 Å². The molecule has 0 amide bonds. The first-order valence-electron chi connectivity index (χ1n) is 7.02. The summed E-state index contributed by atoms with van der Waals surface area (Å²) in [6.45, 7) is 0. The normalized spacial score (nSPS) is 14.0. The third-order valence-electron chi connectivity index (χ3n) is 1.90. The first-order chi connectivity index (χ1) is 10.2. The highest BCUT2D eigenvalue weighted by Crippen LogP contribution is 2.30. The van der Waals surface area contributed by atoms with Crippen LogP contribution >= 0.6 is 0 Å². The van der Waals surface area contributed by atoms with Gasteiger partial charge in [0.25, 0.3) is 5.69 Å². The van der Waals surface area contributed by atoms with Gasteiger partial charge in [-0.05, 0) is 18.2 Å². The average Bonchev–Trinajstić information content (AvgIpc) is 2.49. The molecule has 0 atom stereocenters. The predicted octanol–water partition coefficient (Wildman–Crippen LogP) is 2.97. The first kappa shape index (κ1) is 6.24. The Morgan fingerprint density at radius 2 is 2.00 bits per heavy atom. The van der Waals surface area contributed by atoms with E-state index in [1.807, 2.05) is 0 Å². The fourth-order valence-electron chi connectivity index (χ4n) is 1.12. The van der Waals surface area contributed by atoms with Crippen LogP contribution in [0.25, 0.3) is 0 Å². The number of hydrogen-bond acceptors (Lipinski definition) is 4. The zero-order valence-corrected chi connectivity index (χ0v) is 8.48. The van der Waals surface area contributed by atoms with Crippen LogP contribution in [0, 0.1) is 10.1 Å². The molecular formula is C12H10N2O3. The topological polar surface area (TPSA) is 78.4 Å². The molecule has 5 heteroatoms. The van der Waals surface area contributed by atoms with E-state index in [0.717, 1.165) is 6.07 Å². The van der Waals surface area contributed by atoms with E-state index >= 15 is 0 Å². The number of nitro benzene ring substituents is 1. The van der Waals surface area contributed by atoms with Crippen molar-refractivity contribution in [3.05, 3.63) is 58.5 Å². The van der Waals surface area contributed by atoms with E-state index < -0.39 is 40.9 Å². The molecule has 0 aromatic heterocycles. The molecule has 0 saturated carbocycles. The Hall–Kier alpha value is -2.56. The first-order valence-corrected chi connectivity index (χ1v) is 4.52. The van der Waals surface area contributed by atoms with Gasteiger partial charge in [-0.15, -0.1) is 0 Å². The predicted molar refractivity (Wildman–Crippen MR) is 64.0 cm³/mol. The average molecular weight is 235 g/mol. The van der Waals surface area contributed by atoms with E-state index in [-0.39, 0.29) is 17.1 Å². The number of anilines is 1. The van der Waals surface area contributed by atoms with Crippen molar-refractivity contribution in [2.45, 2.75) is 0 Å². The molecule has 0 heterocycles. The van der Waals surface area contributed by atoms with Crippen LogP contribution in [0.3, 0.4) is 0 Å². The Morgan fingerprint density at radius 3 is 2.65 bits per heavy atom. The summed E-state index contributed by atoms with van der Waals surface area (Å²) >= 11 is 0. The molecule has 0 bridgehead atoms. The van der Waals surface area contributed by atoms with Gasteiger partial charge in [-0.1, -0.05) is 18.1 Å². The van der Waals surface area contributed by atoms with Gasteiger partial charge < -0.3 is 10.5 Å². The molecule has 2 aromatic rings. The van der Waals surface area contributed by atoms with Crippen molar-refractivity contribution >= 4 is 11.4 Å². The van der Waals surface area contributed by atoms with Crippen LogP contribution in [0.2, 0.25) is 0 Å². The summed E-state index contributed by atoms with van der Waals surface area (Å²) in [6, 6.07) is 0.617. The van der Waals surface area contributed by atoms with E-state index in [4.69, 9.17) is 17.3 Å². The Morgan fingerprint density at radius 1 is 1.29 bits per heavy atom. The Bertz CT molecular complexity index is 753. The van der Waals surface area contributed by atoms with Crippen LogP contribution in [0.5, 0.6) is 11.5 Å². The van der Waals surface area contributed by atoms with E-state index in [2.05, 4.69) is 0 Å². The van der Waals surface area contributed by atoms with Crippen molar-refractivity contribution in [3.63, 3.8) is 0 Å². The molecule has 0 aliphatic heterocycles. The van der Waals surface area contributed by atoms with Gasteiger partial charge >= 0.3 is 0 Å². The third kappa shape index (κ3) is 2.52. The largest absolute Gasteiger partial charge is 0.455 e. The lowest BCUT2D eigenvalue weighted by Crippen LogP contribution is -1.94. The lowest BCUT2D eigenvalue weighted by molar-refractivity contribution is -0.384. The zero-order chi connectivity index (χ0) is 16.6. The monoisotopic (exact) mass is 235 g/mol. The van der Waals surface area contributed by atoms with Gasteiger partial charge in [0, 0.05) is 6.07 Å². The van der Waals surface area contributed by atoms with Gasteiger partial charge in [0.05, 0.1) is 23.5 Å². The molecule has 2 N–H and O–H groups in total. The number of nitrogens with zero attached hydrogens (tertiary/aromatic N) is 1. The van der Waals surface area contributed by atoms with Gasteiger partial charge in [-0.2, -0.15) is 0 Å². The number of rotatable bonds is 3. The maximum absolute atomic E-state index is 10.8. The van der Waals surface area contributed by atoms with Crippen LogP contribution in [0.4, 0.5) is 11.4 Å². The summed E-state index contributed by atoms with van der Waals surface area (Å²) in [5, 5.41) is 10.8. The van der Waals surface area contributed by atoms with E-state index in [1.165, 1.54) is 12.1 Å². The number of para-hydroxylation sites is 1. The number of hydrogen-bond donors (Lipinski definition) is 1. The van der Waals surface area contributed by atoms with E-state index in [1.54, 1.807) is 0 Å². The third-order valence-corrected chi connectivity index (χ3v) is 1.90. The fourth-order valence-corrected chi connectivity index (χ4v) is 1.12. The second-order valence-corrected chi connectivity index (χ2v) is 3.04. The second kappa shape index (κ2) is 4.52. The van der Waals surface area contributed by atoms with Crippen LogP contribution in [0.1, 0.15) is 6.85 Å². The van der Waals surface area contributed by atoms with Gasteiger partial charge in [0.1, 0.15) is 5.75 Å². The molecule has 2 aromatic carbocycles. The van der Waals surface area contributed by atoms with Crippen molar-refractivity contribution < 1.29 is 16.5 Å². The smallest absolute Gasteiger partial charge is 0.273 e. The molecule has 0 unspecified atom stereocenters.